The predicted molar refractivity (Wildman–Crippen MR) is 77.7 cm³/mol. The Kier molecular flexibility index (Phi) is 4.08. The summed E-state index contributed by atoms with van der Waals surface area (Å²) in [5.74, 6) is 0. The molecule has 0 aromatic heterocycles. The smallest absolute Gasteiger partial charge is 0.0470 e. The van der Waals surface area contributed by atoms with Crippen LogP contribution < -0.4 is 5.73 Å². The first-order valence-corrected chi connectivity index (χ1v) is 7.07. The highest BCUT2D eigenvalue weighted by Crippen LogP contribution is 2.27. The van der Waals surface area contributed by atoms with E-state index in [4.69, 9.17) is 5.73 Å². The molecule has 2 N–H and O–H groups in total. The highest BCUT2D eigenvalue weighted by molar-refractivity contribution is 5.29. The van der Waals surface area contributed by atoms with Crippen LogP contribution in [-0.4, -0.2) is 24.5 Å². The molecule has 2 nitrogen and oxygen atoms in total. The summed E-state index contributed by atoms with van der Waals surface area (Å²) in [6.07, 6.45) is 2.63. The van der Waals surface area contributed by atoms with E-state index in [-0.39, 0.29) is 5.41 Å². The molecule has 2 rings (SSSR count). The summed E-state index contributed by atoms with van der Waals surface area (Å²) in [5.41, 5.74) is 8.95. The van der Waals surface area contributed by atoms with Crippen LogP contribution in [0.1, 0.15) is 50.8 Å². The summed E-state index contributed by atoms with van der Waals surface area (Å²) in [7, 11) is 0. The van der Waals surface area contributed by atoms with Gasteiger partial charge in [0, 0.05) is 12.6 Å². The van der Waals surface area contributed by atoms with Crippen LogP contribution in [-0.2, 0) is 5.41 Å². The van der Waals surface area contributed by atoms with Crippen molar-refractivity contribution >= 4 is 0 Å². The monoisotopic (exact) mass is 246 g/mol. The average Bonchev–Trinajstić information content (AvgIpc) is 2.83. The zero-order valence-electron chi connectivity index (χ0n) is 11.9. The first-order valence-electron chi connectivity index (χ1n) is 7.07. The number of rotatable bonds is 3. The topological polar surface area (TPSA) is 29.3 Å². The molecule has 2 heteroatoms. The lowest BCUT2D eigenvalue weighted by atomic mass is 9.86. The molecule has 1 fully saturated rings. The summed E-state index contributed by atoms with van der Waals surface area (Å²) >= 11 is 0. The normalized spacial score (nSPS) is 19.1. The molecule has 100 valence electrons. The van der Waals surface area contributed by atoms with Gasteiger partial charge >= 0.3 is 0 Å². The average molecular weight is 246 g/mol. The molecule has 1 aliphatic rings. The Morgan fingerprint density at radius 3 is 2.11 bits per heavy atom. The molecule has 1 aromatic rings. The van der Waals surface area contributed by atoms with Crippen LogP contribution in [0, 0.1) is 0 Å². The molecule has 0 aliphatic carbocycles. The zero-order valence-corrected chi connectivity index (χ0v) is 11.9. The summed E-state index contributed by atoms with van der Waals surface area (Å²) < 4.78 is 0. The molecule has 1 aliphatic heterocycles. The van der Waals surface area contributed by atoms with Gasteiger partial charge in [-0.3, -0.25) is 4.90 Å². The largest absolute Gasteiger partial charge is 0.329 e. The van der Waals surface area contributed by atoms with Crippen LogP contribution in [0.15, 0.2) is 24.3 Å². The lowest BCUT2D eigenvalue weighted by Gasteiger charge is -2.27. The first-order chi connectivity index (χ1) is 8.52. The Morgan fingerprint density at radius 2 is 1.67 bits per heavy atom. The molecule has 1 atom stereocenters. The van der Waals surface area contributed by atoms with Crippen molar-refractivity contribution in [2.75, 3.05) is 19.6 Å². The minimum atomic E-state index is 0.227. The van der Waals surface area contributed by atoms with E-state index in [0.29, 0.717) is 6.04 Å². The third-order valence-electron chi connectivity index (χ3n) is 3.97. The number of nitrogens with two attached hydrogens (primary N) is 1. The van der Waals surface area contributed by atoms with E-state index < -0.39 is 0 Å². The highest BCUT2D eigenvalue weighted by Gasteiger charge is 2.22. The zero-order chi connectivity index (χ0) is 13.2. The van der Waals surface area contributed by atoms with Gasteiger partial charge in [0.1, 0.15) is 0 Å². The van der Waals surface area contributed by atoms with Crippen LogP contribution >= 0.6 is 0 Å². The number of benzene rings is 1. The van der Waals surface area contributed by atoms with Gasteiger partial charge in [0.05, 0.1) is 0 Å². The van der Waals surface area contributed by atoms with Crippen molar-refractivity contribution in [1.29, 1.82) is 0 Å². The molecule has 0 unspecified atom stereocenters. The van der Waals surface area contributed by atoms with Crippen LogP contribution in [0.4, 0.5) is 0 Å². The number of hydrogen-bond donors (Lipinski definition) is 1. The maximum Gasteiger partial charge on any atom is 0.0470 e. The van der Waals surface area contributed by atoms with E-state index >= 15 is 0 Å². The van der Waals surface area contributed by atoms with E-state index in [2.05, 4.69) is 49.9 Å². The lowest BCUT2D eigenvalue weighted by molar-refractivity contribution is 0.251. The molecule has 0 radical (unpaired) electrons. The minimum Gasteiger partial charge on any atom is -0.329 e. The van der Waals surface area contributed by atoms with Crippen molar-refractivity contribution in [1.82, 2.24) is 4.90 Å². The van der Waals surface area contributed by atoms with Gasteiger partial charge < -0.3 is 5.73 Å². The second-order valence-corrected chi connectivity index (χ2v) is 6.37. The fourth-order valence-corrected chi connectivity index (χ4v) is 2.75. The number of hydrogen-bond acceptors (Lipinski definition) is 2. The van der Waals surface area contributed by atoms with Crippen molar-refractivity contribution in [3.8, 4) is 0 Å². The SMILES string of the molecule is CC(C)(C)c1ccc([C@H](CN)N2CCCC2)cc1. The predicted octanol–water partition coefficient (Wildman–Crippen LogP) is 3.08. The van der Waals surface area contributed by atoms with E-state index in [9.17, 15) is 0 Å². The maximum atomic E-state index is 5.97. The molecule has 0 spiro atoms. The molecule has 0 amide bonds. The Hall–Kier alpha value is -0.860. The van der Waals surface area contributed by atoms with Crippen LogP contribution in [0.2, 0.25) is 0 Å². The Bertz CT molecular complexity index is 369. The summed E-state index contributed by atoms with van der Waals surface area (Å²) in [4.78, 5) is 2.52. The van der Waals surface area contributed by atoms with Crippen LogP contribution in [0.25, 0.3) is 0 Å². The molecule has 0 bridgehead atoms. The van der Waals surface area contributed by atoms with E-state index in [0.717, 1.165) is 6.54 Å². The standard InChI is InChI=1S/C16H26N2/c1-16(2,3)14-8-6-13(7-9-14)15(12-17)18-10-4-5-11-18/h6-9,15H,4-5,10-12,17H2,1-3H3/t15-/m0/s1. The third kappa shape index (κ3) is 2.93. The highest BCUT2D eigenvalue weighted by atomic mass is 15.2. The molecular formula is C16H26N2. The van der Waals surface area contributed by atoms with Crippen molar-refractivity contribution in [3.05, 3.63) is 35.4 Å². The molecule has 1 saturated heterocycles. The number of likely N-dealkylation sites (tertiary alicyclic amines) is 1. The minimum absolute atomic E-state index is 0.227. The van der Waals surface area contributed by atoms with Gasteiger partial charge in [-0.2, -0.15) is 0 Å². The molecular weight excluding hydrogens is 220 g/mol. The second-order valence-electron chi connectivity index (χ2n) is 6.37. The summed E-state index contributed by atoms with van der Waals surface area (Å²) in [6.45, 7) is 9.87. The fourth-order valence-electron chi connectivity index (χ4n) is 2.75. The Balaban J connectivity index is 2.16. The van der Waals surface area contributed by atoms with Gasteiger partial charge in [-0.1, -0.05) is 45.0 Å². The van der Waals surface area contributed by atoms with Gasteiger partial charge in [0.25, 0.3) is 0 Å². The van der Waals surface area contributed by atoms with Gasteiger partial charge in [0.15, 0.2) is 0 Å². The van der Waals surface area contributed by atoms with Gasteiger partial charge in [-0.15, -0.1) is 0 Å². The van der Waals surface area contributed by atoms with E-state index in [1.165, 1.54) is 37.1 Å². The first kappa shape index (κ1) is 13.6. The quantitative estimate of drug-likeness (QED) is 0.888. The lowest BCUT2D eigenvalue weighted by Crippen LogP contribution is -2.31. The van der Waals surface area contributed by atoms with Gasteiger partial charge in [-0.25, -0.2) is 0 Å². The van der Waals surface area contributed by atoms with E-state index in [1.54, 1.807) is 0 Å². The molecule has 18 heavy (non-hydrogen) atoms. The molecule has 1 heterocycles. The van der Waals surface area contributed by atoms with Crippen LogP contribution in [0.5, 0.6) is 0 Å². The fraction of sp³-hybridized carbons (Fsp3) is 0.625. The summed E-state index contributed by atoms with van der Waals surface area (Å²) in [6, 6.07) is 9.44. The van der Waals surface area contributed by atoms with Crippen molar-refractivity contribution in [2.24, 2.45) is 5.73 Å². The summed E-state index contributed by atoms with van der Waals surface area (Å²) in [5, 5.41) is 0. The van der Waals surface area contributed by atoms with Crippen molar-refractivity contribution in [2.45, 2.75) is 45.1 Å². The third-order valence-corrected chi connectivity index (χ3v) is 3.97. The maximum absolute atomic E-state index is 5.97. The second kappa shape index (κ2) is 5.41. The van der Waals surface area contributed by atoms with Crippen LogP contribution in [0.3, 0.4) is 0 Å². The van der Waals surface area contributed by atoms with Gasteiger partial charge in [-0.05, 0) is 42.5 Å². The molecule has 1 aromatic carbocycles. The Labute approximate surface area is 111 Å². The van der Waals surface area contributed by atoms with Crippen molar-refractivity contribution < 1.29 is 0 Å². The Morgan fingerprint density at radius 1 is 1.11 bits per heavy atom. The van der Waals surface area contributed by atoms with E-state index in [1.807, 2.05) is 0 Å². The van der Waals surface area contributed by atoms with Crippen molar-refractivity contribution in [3.63, 3.8) is 0 Å². The molecule has 0 saturated carbocycles. The van der Waals surface area contributed by atoms with Gasteiger partial charge in [0.2, 0.25) is 0 Å². The number of nitrogens with zero attached hydrogens (tertiary/aromatic N) is 1.